The number of benzene rings is 2. The van der Waals surface area contributed by atoms with Crippen LogP contribution in [0.4, 0.5) is 0 Å². The number of ketones is 1. The molecule has 0 aliphatic rings. The molecule has 6 nitrogen and oxygen atoms in total. The van der Waals surface area contributed by atoms with E-state index in [1.165, 1.54) is 7.11 Å². The Morgan fingerprint density at radius 3 is 2.38 bits per heavy atom. The van der Waals surface area contributed by atoms with E-state index in [9.17, 15) is 14.4 Å². The Balaban J connectivity index is 1.96. The van der Waals surface area contributed by atoms with Crippen molar-refractivity contribution in [1.29, 1.82) is 0 Å². The summed E-state index contributed by atoms with van der Waals surface area (Å²) in [5, 5.41) is 0.704. The predicted molar refractivity (Wildman–Crippen MR) is 109 cm³/mol. The monoisotopic (exact) mass is 394 g/mol. The second kappa shape index (κ2) is 8.31. The number of carbonyl (C=O) groups is 2. The molecular formula is C23H22O6. The van der Waals surface area contributed by atoms with Crippen molar-refractivity contribution >= 4 is 22.7 Å². The smallest absolute Gasteiger partial charge is 0.340 e. The summed E-state index contributed by atoms with van der Waals surface area (Å²) in [7, 11) is 1.27. The lowest BCUT2D eigenvalue weighted by Crippen LogP contribution is -2.24. The average Bonchev–Trinajstić information content (AvgIpc) is 2.73. The van der Waals surface area contributed by atoms with Crippen molar-refractivity contribution in [3.8, 4) is 5.75 Å². The molecule has 0 bridgehead atoms. The number of fused-ring (bicyclic) bond motifs is 1. The van der Waals surface area contributed by atoms with Crippen LogP contribution in [0.1, 0.15) is 34.0 Å². The Kier molecular flexibility index (Phi) is 5.82. The molecular weight excluding hydrogens is 372 g/mol. The normalized spacial score (nSPS) is 11.9. The van der Waals surface area contributed by atoms with E-state index in [0.29, 0.717) is 33.4 Å². The molecule has 29 heavy (non-hydrogen) atoms. The maximum atomic E-state index is 12.6. The number of esters is 1. The van der Waals surface area contributed by atoms with Crippen LogP contribution in [0.2, 0.25) is 0 Å². The Bertz CT molecular complexity index is 1130. The molecule has 0 saturated heterocycles. The molecule has 1 atom stereocenters. The molecule has 1 aromatic heterocycles. The highest BCUT2D eigenvalue weighted by atomic mass is 16.5. The van der Waals surface area contributed by atoms with Gasteiger partial charge in [0.2, 0.25) is 5.78 Å². The van der Waals surface area contributed by atoms with Crippen LogP contribution in [0.5, 0.6) is 5.75 Å². The van der Waals surface area contributed by atoms with Crippen molar-refractivity contribution in [2.24, 2.45) is 0 Å². The number of hydrogen-bond donors (Lipinski definition) is 0. The zero-order chi connectivity index (χ0) is 21.1. The third-order valence-electron chi connectivity index (χ3n) is 4.93. The van der Waals surface area contributed by atoms with Crippen LogP contribution in [0.15, 0.2) is 51.7 Å². The van der Waals surface area contributed by atoms with E-state index < -0.39 is 17.7 Å². The molecule has 0 N–H and O–H groups in total. The Hall–Kier alpha value is -3.41. The van der Waals surface area contributed by atoms with Crippen LogP contribution >= 0.6 is 0 Å². The molecule has 0 saturated carbocycles. The fourth-order valence-electron chi connectivity index (χ4n) is 3.20. The zero-order valence-electron chi connectivity index (χ0n) is 16.8. The van der Waals surface area contributed by atoms with Gasteiger partial charge in [-0.1, -0.05) is 30.3 Å². The highest BCUT2D eigenvalue weighted by Crippen LogP contribution is 2.30. The van der Waals surface area contributed by atoms with Crippen LogP contribution in [0.25, 0.3) is 11.0 Å². The van der Waals surface area contributed by atoms with E-state index in [1.54, 1.807) is 57.2 Å². The van der Waals surface area contributed by atoms with Crippen LogP contribution in [0, 0.1) is 13.8 Å². The average molecular weight is 394 g/mol. The topological polar surface area (TPSA) is 82.8 Å². The van der Waals surface area contributed by atoms with Crippen molar-refractivity contribution in [2.75, 3.05) is 7.11 Å². The summed E-state index contributed by atoms with van der Waals surface area (Å²) in [4.78, 5) is 36.6. The van der Waals surface area contributed by atoms with Crippen LogP contribution in [-0.4, -0.2) is 25.0 Å². The summed E-state index contributed by atoms with van der Waals surface area (Å²) in [5.41, 5.74) is 1.88. The zero-order valence-corrected chi connectivity index (χ0v) is 16.8. The summed E-state index contributed by atoms with van der Waals surface area (Å²) >= 11 is 0. The second-order valence-corrected chi connectivity index (χ2v) is 6.80. The molecule has 3 rings (SSSR count). The number of rotatable bonds is 6. The maximum absolute atomic E-state index is 12.6. The quantitative estimate of drug-likeness (QED) is 0.359. The molecule has 0 spiro atoms. The Morgan fingerprint density at radius 1 is 1.03 bits per heavy atom. The molecule has 150 valence electrons. The molecule has 1 heterocycles. The third kappa shape index (κ3) is 4.06. The minimum absolute atomic E-state index is 0.142. The summed E-state index contributed by atoms with van der Waals surface area (Å²) < 4.78 is 16.0. The highest BCUT2D eigenvalue weighted by Gasteiger charge is 2.21. The lowest BCUT2D eigenvalue weighted by atomic mass is 10.0. The predicted octanol–water partition coefficient (Wildman–Crippen LogP) is 3.78. The number of carbonyl (C=O) groups excluding carboxylic acids is 2. The Morgan fingerprint density at radius 2 is 1.72 bits per heavy atom. The van der Waals surface area contributed by atoms with Crippen LogP contribution in [0.3, 0.4) is 0 Å². The van der Waals surface area contributed by atoms with E-state index in [4.69, 9.17) is 9.15 Å². The van der Waals surface area contributed by atoms with Crippen molar-refractivity contribution in [3.63, 3.8) is 0 Å². The number of Topliss-reactive ketones (excluding diaryl/α,β-unsaturated/α-hetero) is 1. The first-order valence-corrected chi connectivity index (χ1v) is 9.22. The number of hydrogen-bond acceptors (Lipinski definition) is 6. The third-order valence-corrected chi connectivity index (χ3v) is 4.93. The fraction of sp³-hybridized carbons (Fsp3) is 0.261. The first-order valence-electron chi connectivity index (χ1n) is 9.22. The van der Waals surface area contributed by atoms with Gasteiger partial charge in [-0.25, -0.2) is 4.79 Å². The fourth-order valence-corrected chi connectivity index (χ4v) is 3.20. The van der Waals surface area contributed by atoms with Crippen LogP contribution < -0.4 is 10.4 Å². The second-order valence-electron chi connectivity index (χ2n) is 6.80. The Labute approximate surface area is 168 Å². The molecule has 0 radical (unpaired) electrons. The molecule has 0 aliphatic carbocycles. The molecule has 2 aromatic carbocycles. The van der Waals surface area contributed by atoms with E-state index >= 15 is 0 Å². The van der Waals surface area contributed by atoms with Gasteiger partial charge in [0.1, 0.15) is 11.3 Å². The van der Waals surface area contributed by atoms with E-state index in [2.05, 4.69) is 4.74 Å². The van der Waals surface area contributed by atoms with Gasteiger partial charge in [-0.2, -0.15) is 0 Å². The largest absolute Gasteiger partial charge is 0.482 e. The summed E-state index contributed by atoms with van der Waals surface area (Å²) in [6.45, 7) is 5.21. The van der Waals surface area contributed by atoms with Crippen molar-refractivity contribution in [2.45, 2.75) is 33.3 Å². The molecule has 0 aliphatic heterocycles. The first-order chi connectivity index (χ1) is 13.8. The van der Waals surface area contributed by atoms with Crippen LogP contribution in [-0.2, 0) is 16.0 Å². The van der Waals surface area contributed by atoms with Gasteiger partial charge in [0, 0.05) is 16.5 Å². The SMILES string of the molecule is COC(=O)Cc1c(C)c2ccc(O[C@H](C)C(=O)c3ccccc3)c(C)c2oc1=O. The van der Waals surface area contributed by atoms with Gasteiger partial charge in [-0.3, -0.25) is 9.59 Å². The number of methoxy groups -OCH3 is 1. The molecule has 0 unspecified atom stereocenters. The maximum Gasteiger partial charge on any atom is 0.340 e. The van der Waals surface area contributed by atoms with E-state index in [0.717, 1.165) is 0 Å². The van der Waals surface area contributed by atoms with Gasteiger partial charge < -0.3 is 13.9 Å². The number of aryl methyl sites for hydroxylation is 2. The summed E-state index contributed by atoms with van der Waals surface area (Å²) in [6.07, 6.45) is -0.861. The standard InChI is InChI=1S/C23H22O6/c1-13-17-10-11-19(28-15(3)21(25)16-8-6-5-7-9-16)14(2)22(17)29-23(26)18(13)12-20(24)27-4/h5-11,15H,12H2,1-4H3/t15-/m1/s1. The van der Waals surface area contributed by atoms with E-state index in [1.807, 2.05) is 6.07 Å². The van der Waals surface area contributed by atoms with Gasteiger partial charge >= 0.3 is 11.6 Å². The van der Waals surface area contributed by atoms with Crippen molar-refractivity contribution < 1.29 is 23.5 Å². The van der Waals surface area contributed by atoms with Crippen molar-refractivity contribution in [3.05, 3.63) is 75.1 Å². The number of ether oxygens (including phenoxy) is 2. The summed E-state index contributed by atoms with van der Waals surface area (Å²) in [5.74, 6) is -0.196. The van der Waals surface area contributed by atoms with E-state index in [-0.39, 0.29) is 17.8 Å². The summed E-state index contributed by atoms with van der Waals surface area (Å²) in [6, 6.07) is 12.4. The lowest BCUT2D eigenvalue weighted by Gasteiger charge is -2.17. The minimum atomic E-state index is -0.708. The van der Waals surface area contributed by atoms with Gasteiger partial charge in [-0.05, 0) is 38.5 Å². The van der Waals surface area contributed by atoms with Crippen molar-refractivity contribution in [1.82, 2.24) is 0 Å². The van der Waals surface area contributed by atoms with Gasteiger partial charge in [0.15, 0.2) is 6.10 Å². The molecule has 6 heteroatoms. The van der Waals surface area contributed by atoms with Gasteiger partial charge in [0.05, 0.1) is 19.1 Å². The van der Waals surface area contributed by atoms with Gasteiger partial charge in [0.25, 0.3) is 0 Å². The molecule has 3 aromatic rings. The minimum Gasteiger partial charge on any atom is -0.482 e. The van der Waals surface area contributed by atoms with Gasteiger partial charge in [-0.15, -0.1) is 0 Å². The highest BCUT2D eigenvalue weighted by molar-refractivity contribution is 5.99. The lowest BCUT2D eigenvalue weighted by molar-refractivity contribution is -0.139. The molecule has 0 fully saturated rings. The molecule has 0 amide bonds. The first kappa shape index (κ1) is 20.3.